The zero-order valence-corrected chi connectivity index (χ0v) is 8.36. The number of hydrogen-bond acceptors (Lipinski definition) is 3. The van der Waals surface area contributed by atoms with Crippen molar-refractivity contribution in [1.29, 1.82) is 0 Å². The minimum Gasteiger partial charge on any atom is -0.481 e. The van der Waals surface area contributed by atoms with Crippen molar-refractivity contribution in [2.45, 2.75) is 26.2 Å². The zero-order chi connectivity index (χ0) is 11.0. The summed E-state index contributed by atoms with van der Waals surface area (Å²) in [6, 6.07) is 0. The highest BCUT2D eigenvalue weighted by Gasteiger charge is 2.25. The minimum atomic E-state index is -1.16. The molecule has 0 rings (SSSR count). The largest absolute Gasteiger partial charge is 0.481 e. The molecule has 0 aromatic carbocycles. The third kappa shape index (κ3) is 4.64. The van der Waals surface area contributed by atoms with Crippen LogP contribution in [0.3, 0.4) is 0 Å². The average molecular weight is 200 g/mol. The number of carboxylic acid groups (broad SMARTS) is 1. The summed E-state index contributed by atoms with van der Waals surface area (Å²) in [6.45, 7) is 5.64. The maximum Gasteiger partial charge on any atom is 0.320 e. The number of carboxylic acids is 1. The zero-order valence-electron chi connectivity index (χ0n) is 8.36. The van der Waals surface area contributed by atoms with E-state index in [1.807, 2.05) is 6.92 Å². The van der Waals surface area contributed by atoms with E-state index < -0.39 is 17.9 Å². The Morgan fingerprint density at radius 3 is 2.64 bits per heavy atom. The molecule has 1 N–H and O–H groups in total. The molecule has 14 heavy (non-hydrogen) atoms. The Morgan fingerprint density at radius 2 is 2.21 bits per heavy atom. The van der Waals surface area contributed by atoms with Gasteiger partial charge in [0.2, 0.25) is 0 Å². The van der Waals surface area contributed by atoms with Gasteiger partial charge in [0.1, 0.15) is 0 Å². The van der Waals surface area contributed by atoms with Gasteiger partial charge in [-0.25, -0.2) is 0 Å². The number of unbranched alkanes of at least 4 members (excludes halogenated alkanes) is 1. The van der Waals surface area contributed by atoms with E-state index in [0.29, 0.717) is 0 Å². The van der Waals surface area contributed by atoms with Gasteiger partial charge in [0.25, 0.3) is 0 Å². The second-order valence-corrected chi connectivity index (χ2v) is 2.94. The molecule has 0 amide bonds. The summed E-state index contributed by atoms with van der Waals surface area (Å²) in [5.41, 5.74) is 0. The van der Waals surface area contributed by atoms with Gasteiger partial charge in [0.15, 0.2) is 5.92 Å². The van der Waals surface area contributed by atoms with Crippen molar-refractivity contribution in [2.75, 3.05) is 6.61 Å². The molecule has 1 unspecified atom stereocenters. The Kier molecular flexibility index (Phi) is 6.45. The number of esters is 1. The number of ether oxygens (including phenoxy) is 1. The second-order valence-electron chi connectivity index (χ2n) is 2.94. The molecule has 0 fully saturated rings. The predicted molar refractivity (Wildman–Crippen MR) is 51.8 cm³/mol. The van der Waals surface area contributed by atoms with Crippen LogP contribution in [0.1, 0.15) is 26.2 Å². The Balaban J connectivity index is 4.02. The number of allylic oxidation sites excluding steroid dienone is 1. The molecule has 0 aromatic heterocycles. The third-order valence-corrected chi connectivity index (χ3v) is 1.73. The molecular formula is C10H16O4. The molecule has 0 aliphatic rings. The van der Waals surface area contributed by atoms with E-state index in [-0.39, 0.29) is 13.0 Å². The minimum absolute atomic E-state index is 0.111. The molecule has 0 radical (unpaired) electrons. The molecule has 1 atom stereocenters. The van der Waals surface area contributed by atoms with Crippen LogP contribution < -0.4 is 0 Å². The topological polar surface area (TPSA) is 63.6 Å². The Morgan fingerprint density at radius 1 is 1.57 bits per heavy atom. The number of aliphatic carboxylic acids is 1. The lowest BCUT2D eigenvalue weighted by molar-refractivity contribution is -0.158. The van der Waals surface area contributed by atoms with Crippen molar-refractivity contribution in [3.05, 3.63) is 12.7 Å². The average Bonchev–Trinajstić information content (AvgIpc) is 2.13. The van der Waals surface area contributed by atoms with Gasteiger partial charge in [0, 0.05) is 0 Å². The van der Waals surface area contributed by atoms with Gasteiger partial charge in [-0.2, -0.15) is 0 Å². The van der Waals surface area contributed by atoms with E-state index in [2.05, 4.69) is 6.58 Å². The van der Waals surface area contributed by atoms with Gasteiger partial charge in [-0.1, -0.05) is 19.4 Å². The molecule has 0 bridgehead atoms. The molecular weight excluding hydrogens is 184 g/mol. The van der Waals surface area contributed by atoms with Gasteiger partial charge < -0.3 is 9.84 Å². The molecule has 80 valence electrons. The van der Waals surface area contributed by atoms with Crippen molar-refractivity contribution in [2.24, 2.45) is 5.92 Å². The molecule has 0 saturated heterocycles. The van der Waals surface area contributed by atoms with Crippen LogP contribution >= 0.6 is 0 Å². The van der Waals surface area contributed by atoms with E-state index >= 15 is 0 Å². The van der Waals surface area contributed by atoms with Crippen molar-refractivity contribution in [3.8, 4) is 0 Å². The summed E-state index contributed by atoms with van der Waals surface area (Å²) >= 11 is 0. The summed E-state index contributed by atoms with van der Waals surface area (Å²) in [5.74, 6) is -2.94. The fourth-order valence-corrected chi connectivity index (χ4v) is 0.882. The maximum atomic E-state index is 11.2. The van der Waals surface area contributed by atoms with Crippen LogP contribution in [0.5, 0.6) is 0 Å². The second kappa shape index (κ2) is 7.12. The molecule has 0 heterocycles. The smallest absolute Gasteiger partial charge is 0.320 e. The SMILES string of the molecule is C=CCC(C(=O)O)C(=O)OCCCC. The Bertz CT molecular complexity index is 210. The van der Waals surface area contributed by atoms with Crippen LogP contribution in [0.25, 0.3) is 0 Å². The molecule has 4 heteroatoms. The van der Waals surface area contributed by atoms with Crippen molar-refractivity contribution in [1.82, 2.24) is 0 Å². The van der Waals surface area contributed by atoms with Crippen molar-refractivity contribution in [3.63, 3.8) is 0 Å². The first kappa shape index (κ1) is 12.7. The van der Waals surface area contributed by atoms with Crippen molar-refractivity contribution >= 4 is 11.9 Å². The molecule has 0 saturated carbocycles. The van der Waals surface area contributed by atoms with Crippen molar-refractivity contribution < 1.29 is 19.4 Å². The van der Waals surface area contributed by atoms with Crippen LogP contribution in [-0.2, 0) is 14.3 Å². The molecule has 0 spiro atoms. The first-order valence-electron chi connectivity index (χ1n) is 4.63. The number of rotatable bonds is 7. The molecule has 0 aliphatic heterocycles. The van der Waals surface area contributed by atoms with Gasteiger partial charge in [-0.15, -0.1) is 6.58 Å². The van der Waals surface area contributed by atoms with Gasteiger partial charge in [-0.3, -0.25) is 9.59 Å². The van der Waals surface area contributed by atoms with E-state index in [1.54, 1.807) is 0 Å². The fraction of sp³-hybridized carbons (Fsp3) is 0.600. The number of carbonyl (C=O) groups is 2. The van der Waals surface area contributed by atoms with Crippen LogP contribution in [0, 0.1) is 5.92 Å². The van der Waals surface area contributed by atoms with Gasteiger partial charge in [-0.05, 0) is 12.8 Å². The number of carbonyl (C=O) groups excluding carboxylic acids is 1. The van der Waals surface area contributed by atoms with Crippen LogP contribution in [0.15, 0.2) is 12.7 Å². The highest BCUT2D eigenvalue weighted by molar-refractivity contribution is 5.94. The first-order valence-corrected chi connectivity index (χ1v) is 4.63. The van der Waals surface area contributed by atoms with E-state index in [9.17, 15) is 9.59 Å². The highest BCUT2D eigenvalue weighted by Crippen LogP contribution is 2.07. The predicted octanol–water partition coefficient (Wildman–Crippen LogP) is 1.61. The summed E-state index contributed by atoms with van der Waals surface area (Å²) in [4.78, 5) is 21.8. The maximum absolute atomic E-state index is 11.2. The fourth-order valence-electron chi connectivity index (χ4n) is 0.882. The lowest BCUT2D eigenvalue weighted by atomic mass is 10.1. The quantitative estimate of drug-likeness (QED) is 0.293. The van der Waals surface area contributed by atoms with Crippen LogP contribution in [0.2, 0.25) is 0 Å². The standard InChI is InChI=1S/C10H16O4/c1-3-5-7-14-10(13)8(6-4-2)9(11)12/h4,8H,2-3,5-7H2,1H3,(H,11,12). The summed E-state index contributed by atoms with van der Waals surface area (Å²) in [7, 11) is 0. The Labute approximate surface area is 83.6 Å². The van der Waals surface area contributed by atoms with E-state index in [4.69, 9.17) is 9.84 Å². The highest BCUT2D eigenvalue weighted by atomic mass is 16.5. The van der Waals surface area contributed by atoms with Crippen LogP contribution in [-0.4, -0.2) is 23.7 Å². The summed E-state index contributed by atoms with van der Waals surface area (Å²) < 4.78 is 4.79. The van der Waals surface area contributed by atoms with Gasteiger partial charge >= 0.3 is 11.9 Å². The summed E-state index contributed by atoms with van der Waals surface area (Å²) in [6.07, 6.45) is 3.18. The molecule has 0 aliphatic carbocycles. The number of hydrogen-bond donors (Lipinski definition) is 1. The van der Waals surface area contributed by atoms with E-state index in [1.165, 1.54) is 6.08 Å². The summed E-state index contributed by atoms with van der Waals surface area (Å²) in [5, 5.41) is 8.68. The third-order valence-electron chi connectivity index (χ3n) is 1.73. The lowest BCUT2D eigenvalue weighted by Crippen LogP contribution is -2.25. The first-order chi connectivity index (χ1) is 6.63. The monoisotopic (exact) mass is 200 g/mol. The molecule has 4 nitrogen and oxygen atoms in total. The lowest BCUT2D eigenvalue weighted by Gasteiger charge is -2.09. The van der Waals surface area contributed by atoms with Gasteiger partial charge in [0.05, 0.1) is 6.61 Å². The normalized spacial score (nSPS) is 11.8. The molecule has 0 aromatic rings. The van der Waals surface area contributed by atoms with E-state index in [0.717, 1.165) is 12.8 Å². The Hall–Kier alpha value is -1.32. The van der Waals surface area contributed by atoms with Crippen LogP contribution in [0.4, 0.5) is 0 Å².